The number of carbonyl (C=O) groups is 1. The number of thiazole rings is 1. The number of allylic oxidation sites excluding steroid dienone is 1. The Kier molecular flexibility index (Phi) is 3.54. The lowest BCUT2D eigenvalue weighted by Crippen LogP contribution is -2.32. The van der Waals surface area contributed by atoms with Crippen molar-refractivity contribution in [3.63, 3.8) is 0 Å². The number of nitrogens with two attached hydrogens (primary N) is 1. The summed E-state index contributed by atoms with van der Waals surface area (Å²) in [6.45, 7) is 4.75. The van der Waals surface area contributed by atoms with E-state index in [9.17, 15) is 4.79 Å². The predicted octanol–water partition coefficient (Wildman–Crippen LogP) is 1.97. The molecule has 1 heterocycles. The number of aromatic nitrogens is 1. The third-order valence-electron chi connectivity index (χ3n) is 1.97. The molecule has 6 heteroatoms. The van der Waals surface area contributed by atoms with Gasteiger partial charge in [0, 0.05) is 11.0 Å². The minimum absolute atomic E-state index is 0.472. The van der Waals surface area contributed by atoms with Crippen molar-refractivity contribution in [3.05, 3.63) is 17.3 Å². The molecule has 3 N–H and O–H groups in total. The average Bonchev–Trinajstić information content (AvgIpc) is 2.61. The number of hydrogen-bond donors (Lipinski definition) is 2. The van der Waals surface area contributed by atoms with E-state index in [0.29, 0.717) is 10.8 Å². The molecule has 0 atom stereocenters. The first-order valence-corrected chi connectivity index (χ1v) is 5.50. The van der Waals surface area contributed by atoms with Gasteiger partial charge in [-0.1, -0.05) is 0 Å². The average molecular weight is 242 g/mol. The Morgan fingerprint density at radius 3 is 2.75 bits per heavy atom. The second kappa shape index (κ2) is 4.52. The van der Waals surface area contributed by atoms with E-state index in [4.69, 9.17) is 15.6 Å². The Morgan fingerprint density at radius 2 is 2.31 bits per heavy atom. The molecule has 1 aromatic rings. The highest BCUT2D eigenvalue weighted by Crippen LogP contribution is 2.20. The molecule has 0 saturated heterocycles. The van der Waals surface area contributed by atoms with Crippen LogP contribution in [-0.2, 0) is 9.53 Å². The Hall–Kier alpha value is -1.56. The summed E-state index contributed by atoms with van der Waals surface area (Å²) in [6, 6.07) is 0. The molecule has 16 heavy (non-hydrogen) atoms. The monoisotopic (exact) mass is 242 g/mol. The van der Waals surface area contributed by atoms with Crippen LogP contribution in [-0.4, -0.2) is 21.7 Å². The van der Waals surface area contributed by atoms with Crippen molar-refractivity contribution in [1.82, 2.24) is 4.98 Å². The first-order valence-electron chi connectivity index (χ1n) is 4.62. The van der Waals surface area contributed by atoms with E-state index in [1.807, 2.05) is 0 Å². The second-order valence-corrected chi connectivity index (χ2v) is 4.69. The molecule has 5 nitrogen and oxygen atoms in total. The minimum Gasteiger partial charge on any atom is -0.483 e. The maximum Gasteiger partial charge on any atom is 0.347 e. The number of aliphatic carboxylic acids is 1. The van der Waals surface area contributed by atoms with Crippen LogP contribution in [0.5, 0.6) is 0 Å². The van der Waals surface area contributed by atoms with Gasteiger partial charge in [0.25, 0.3) is 0 Å². The molecule has 0 aliphatic carbocycles. The van der Waals surface area contributed by atoms with Gasteiger partial charge >= 0.3 is 5.97 Å². The second-order valence-electron chi connectivity index (χ2n) is 3.81. The summed E-state index contributed by atoms with van der Waals surface area (Å²) < 4.78 is 5.18. The van der Waals surface area contributed by atoms with E-state index >= 15 is 0 Å². The van der Waals surface area contributed by atoms with Gasteiger partial charge in [-0.3, -0.25) is 0 Å². The Balaban J connectivity index is 2.75. The lowest BCUT2D eigenvalue weighted by Gasteiger charge is -2.18. The predicted molar refractivity (Wildman–Crippen MR) is 63.0 cm³/mol. The number of nitrogen functional groups attached to an aromatic ring is 1. The lowest BCUT2D eigenvalue weighted by molar-refractivity contribution is -0.155. The summed E-state index contributed by atoms with van der Waals surface area (Å²) in [6.07, 6.45) is 1.39. The molecule has 0 fully saturated rings. The summed E-state index contributed by atoms with van der Waals surface area (Å²) in [5.74, 6) is -1.02. The summed E-state index contributed by atoms with van der Waals surface area (Å²) in [4.78, 5) is 14.8. The van der Waals surface area contributed by atoms with Gasteiger partial charge in [0.2, 0.25) is 0 Å². The van der Waals surface area contributed by atoms with Crippen LogP contribution in [0.4, 0.5) is 5.13 Å². The SMILES string of the molecule is C/C(=C\OC(C)(C)C(=O)O)c1csc(N)n1. The van der Waals surface area contributed by atoms with Crippen LogP contribution in [0.3, 0.4) is 0 Å². The van der Waals surface area contributed by atoms with Gasteiger partial charge in [0.1, 0.15) is 0 Å². The van der Waals surface area contributed by atoms with Crippen molar-refractivity contribution in [1.29, 1.82) is 0 Å². The number of anilines is 1. The molecule has 0 saturated carbocycles. The largest absolute Gasteiger partial charge is 0.483 e. The highest BCUT2D eigenvalue weighted by atomic mass is 32.1. The topological polar surface area (TPSA) is 85.4 Å². The van der Waals surface area contributed by atoms with Gasteiger partial charge in [0.05, 0.1) is 12.0 Å². The number of carboxylic acid groups (broad SMARTS) is 1. The maximum atomic E-state index is 10.8. The zero-order valence-corrected chi connectivity index (χ0v) is 10.2. The van der Waals surface area contributed by atoms with Gasteiger partial charge in [-0.05, 0) is 20.8 Å². The fraction of sp³-hybridized carbons (Fsp3) is 0.400. The van der Waals surface area contributed by atoms with Crippen molar-refractivity contribution < 1.29 is 14.6 Å². The normalized spacial score (nSPS) is 12.6. The van der Waals surface area contributed by atoms with E-state index in [2.05, 4.69) is 4.98 Å². The number of carboxylic acids is 1. The Bertz CT molecular complexity index is 423. The summed E-state index contributed by atoms with van der Waals surface area (Å²) >= 11 is 1.33. The molecule has 0 aromatic carbocycles. The smallest absolute Gasteiger partial charge is 0.347 e. The first-order chi connectivity index (χ1) is 7.33. The molecule has 0 unspecified atom stereocenters. The molecular weight excluding hydrogens is 228 g/mol. The van der Waals surface area contributed by atoms with Gasteiger partial charge in [0.15, 0.2) is 10.7 Å². The molecule has 0 bridgehead atoms. The fourth-order valence-electron chi connectivity index (χ4n) is 0.815. The standard InChI is InChI=1S/C10H14N2O3S/c1-6(7-5-16-9(11)12-7)4-15-10(2,3)8(13)14/h4-5H,1-3H3,(H2,11,12)(H,13,14)/b6-4+. The summed E-state index contributed by atoms with van der Waals surface area (Å²) in [7, 11) is 0. The van der Waals surface area contributed by atoms with Crippen molar-refractivity contribution in [2.45, 2.75) is 26.4 Å². The molecule has 0 aliphatic rings. The number of rotatable bonds is 4. The lowest BCUT2D eigenvalue weighted by atomic mass is 10.1. The highest BCUT2D eigenvalue weighted by molar-refractivity contribution is 7.13. The molecular formula is C10H14N2O3S. The molecule has 1 aromatic heterocycles. The van der Waals surface area contributed by atoms with E-state index in [-0.39, 0.29) is 0 Å². The summed E-state index contributed by atoms with van der Waals surface area (Å²) in [5.41, 5.74) is 5.68. The van der Waals surface area contributed by atoms with Crippen molar-refractivity contribution in [2.75, 3.05) is 5.73 Å². The number of nitrogens with zero attached hydrogens (tertiary/aromatic N) is 1. The van der Waals surface area contributed by atoms with Gasteiger partial charge < -0.3 is 15.6 Å². The van der Waals surface area contributed by atoms with Crippen LogP contribution in [0.15, 0.2) is 11.6 Å². The van der Waals surface area contributed by atoms with Gasteiger partial charge in [-0.2, -0.15) is 0 Å². The summed E-state index contributed by atoms with van der Waals surface area (Å²) in [5, 5.41) is 11.1. The van der Waals surface area contributed by atoms with E-state index in [0.717, 1.165) is 5.57 Å². The maximum absolute atomic E-state index is 10.8. The quantitative estimate of drug-likeness (QED) is 0.788. The van der Waals surface area contributed by atoms with Crippen LogP contribution >= 0.6 is 11.3 Å². The molecule has 0 spiro atoms. The van der Waals surface area contributed by atoms with Crippen LogP contribution in [0.2, 0.25) is 0 Å². The van der Waals surface area contributed by atoms with Crippen LogP contribution in [0.1, 0.15) is 26.5 Å². The minimum atomic E-state index is -1.25. The Morgan fingerprint density at radius 1 is 1.69 bits per heavy atom. The molecule has 1 rings (SSSR count). The Labute approximate surface area is 97.6 Å². The third-order valence-corrected chi connectivity index (χ3v) is 2.65. The van der Waals surface area contributed by atoms with Crippen molar-refractivity contribution >= 4 is 28.0 Å². The van der Waals surface area contributed by atoms with E-state index < -0.39 is 11.6 Å². The van der Waals surface area contributed by atoms with Crippen molar-refractivity contribution in [2.24, 2.45) is 0 Å². The van der Waals surface area contributed by atoms with Gasteiger partial charge in [-0.15, -0.1) is 11.3 Å². The zero-order chi connectivity index (χ0) is 12.3. The van der Waals surface area contributed by atoms with Crippen LogP contribution < -0.4 is 5.73 Å². The van der Waals surface area contributed by atoms with Crippen molar-refractivity contribution in [3.8, 4) is 0 Å². The first kappa shape index (κ1) is 12.5. The van der Waals surface area contributed by atoms with Crippen LogP contribution in [0, 0.1) is 0 Å². The molecule has 0 amide bonds. The fourth-order valence-corrected chi connectivity index (χ4v) is 1.44. The third kappa shape index (κ3) is 2.96. The van der Waals surface area contributed by atoms with E-state index in [1.165, 1.54) is 31.4 Å². The number of ether oxygens (including phenoxy) is 1. The highest BCUT2D eigenvalue weighted by Gasteiger charge is 2.27. The molecule has 0 radical (unpaired) electrons. The molecule has 88 valence electrons. The zero-order valence-electron chi connectivity index (χ0n) is 9.35. The molecule has 0 aliphatic heterocycles. The number of hydrogen-bond acceptors (Lipinski definition) is 5. The van der Waals surface area contributed by atoms with Gasteiger partial charge in [-0.25, -0.2) is 9.78 Å². The van der Waals surface area contributed by atoms with E-state index in [1.54, 1.807) is 12.3 Å². The van der Waals surface area contributed by atoms with Crippen LogP contribution in [0.25, 0.3) is 5.57 Å².